The minimum absolute atomic E-state index is 0.0393. The SMILES string of the molecule is CCC(C)C(N)C(=O)NC(C)C(=O)NC(C)C(=O)NC(Cc1ccccc1)C(=O)O. The van der Waals surface area contributed by atoms with Crippen LogP contribution in [0.5, 0.6) is 0 Å². The Morgan fingerprint density at radius 3 is 1.90 bits per heavy atom. The molecule has 5 unspecified atom stereocenters. The van der Waals surface area contributed by atoms with Gasteiger partial charge < -0.3 is 26.8 Å². The van der Waals surface area contributed by atoms with Crippen molar-refractivity contribution in [2.75, 3.05) is 0 Å². The van der Waals surface area contributed by atoms with Crippen molar-refractivity contribution in [1.29, 1.82) is 0 Å². The van der Waals surface area contributed by atoms with Gasteiger partial charge in [0.2, 0.25) is 17.7 Å². The smallest absolute Gasteiger partial charge is 0.326 e. The first kappa shape index (κ1) is 25.1. The second-order valence-corrected chi connectivity index (χ2v) is 7.46. The summed E-state index contributed by atoms with van der Waals surface area (Å²) in [5.41, 5.74) is 6.61. The monoisotopic (exact) mass is 420 g/mol. The Labute approximate surface area is 176 Å². The van der Waals surface area contributed by atoms with Crippen molar-refractivity contribution < 1.29 is 24.3 Å². The first-order valence-corrected chi connectivity index (χ1v) is 10.00. The Morgan fingerprint density at radius 2 is 1.40 bits per heavy atom. The van der Waals surface area contributed by atoms with Crippen LogP contribution in [0.1, 0.15) is 39.7 Å². The molecule has 0 fully saturated rings. The van der Waals surface area contributed by atoms with Crippen molar-refractivity contribution in [3.05, 3.63) is 35.9 Å². The van der Waals surface area contributed by atoms with Gasteiger partial charge in [0.15, 0.2) is 0 Å². The maximum absolute atomic E-state index is 12.4. The van der Waals surface area contributed by atoms with Crippen LogP contribution in [0.2, 0.25) is 0 Å². The molecule has 0 saturated heterocycles. The van der Waals surface area contributed by atoms with Crippen LogP contribution in [0.4, 0.5) is 0 Å². The second kappa shape index (κ2) is 11.9. The predicted molar refractivity (Wildman–Crippen MR) is 112 cm³/mol. The van der Waals surface area contributed by atoms with Crippen LogP contribution in [0.25, 0.3) is 0 Å². The summed E-state index contributed by atoms with van der Waals surface area (Å²) in [5, 5.41) is 16.8. The van der Waals surface area contributed by atoms with Crippen LogP contribution >= 0.6 is 0 Å². The second-order valence-electron chi connectivity index (χ2n) is 7.46. The van der Waals surface area contributed by atoms with E-state index in [2.05, 4.69) is 16.0 Å². The van der Waals surface area contributed by atoms with Gasteiger partial charge in [-0.2, -0.15) is 0 Å². The van der Waals surface area contributed by atoms with E-state index in [9.17, 15) is 24.3 Å². The number of nitrogens with one attached hydrogen (secondary N) is 3. The average molecular weight is 421 g/mol. The minimum atomic E-state index is -1.18. The van der Waals surface area contributed by atoms with Gasteiger partial charge in [-0.1, -0.05) is 50.6 Å². The quantitative estimate of drug-likeness (QED) is 0.345. The molecule has 1 aromatic carbocycles. The van der Waals surface area contributed by atoms with E-state index in [-0.39, 0.29) is 12.3 Å². The van der Waals surface area contributed by atoms with E-state index in [0.717, 1.165) is 12.0 Å². The number of nitrogens with two attached hydrogens (primary N) is 1. The fourth-order valence-corrected chi connectivity index (χ4v) is 2.64. The molecule has 0 spiro atoms. The lowest BCUT2D eigenvalue weighted by Gasteiger charge is -2.23. The van der Waals surface area contributed by atoms with Crippen LogP contribution in [-0.4, -0.2) is 53.0 Å². The molecular weight excluding hydrogens is 388 g/mol. The number of hydrogen-bond donors (Lipinski definition) is 5. The molecule has 0 radical (unpaired) electrons. The van der Waals surface area contributed by atoms with E-state index in [0.29, 0.717) is 0 Å². The zero-order valence-corrected chi connectivity index (χ0v) is 17.8. The molecule has 9 heteroatoms. The summed E-state index contributed by atoms with van der Waals surface area (Å²) in [6.45, 7) is 6.68. The van der Waals surface area contributed by atoms with Crippen molar-refractivity contribution in [3.8, 4) is 0 Å². The van der Waals surface area contributed by atoms with Gasteiger partial charge in [0.05, 0.1) is 6.04 Å². The molecule has 0 saturated carbocycles. The number of benzene rings is 1. The molecule has 0 heterocycles. The van der Waals surface area contributed by atoms with Crippen molar-refractivity contribution in [3.63, 3.8) is 0 Å². The van der Waals surface area contributed by atoms with Crippen molar-refractivity contribution >= 4 is 23.7 Å². The third-order valence-electron chi connectivity index (χ3n) is 4.96. The highest BCUT2D eigenvalue weighted by Gasteiger charge is 2.27. The highest BCUT2D eigenvalue weighted by Crippen LogP contribution is 2.06. The third-order valence-corrected chi connectivity index (χ3v) is 4.96. The van der Waals surface area contributed by atoms with Crippen LogP contribution in [0.15, 0.2) is 30.3 Å². The van der Waals surface area contributed by atoms with Crippen LogP contribution in [-0.2, 0) is 25.6 Å². The van der Waals surface area contributed by atoms with Crippen molar-refractivity contribution in [2.24, 2.45) is 11.7 Å². The summed E-state index contributed by atoms with van der Waals surface area (Å²) >= 11 is 0. The normalized spacial score (nSPS) is 15.8. The standard InChI is InChI=1S/C21H32N4O5/c1-5-12(2)17(22)20(28)24-13(3)18(26)23-14(4)19(27)25-16(21(29)30)11-15-9-7-6-8-10-15/h6-10,12-14,16-17H,5,11,22H2,1-4H3,(H,23,26)(H,24,28)(H,25,27)(H,29,30). The molecule has 166 valence electrons. The lowest BCUT2D eigenvalue weighted by Crippen LogP contribution is -2.56. The molecule has 9 nitrogen and oxygen atoms in total. The Bertz CT molecular complexity index is 740. The first-order valence-electron chi connectivity index (χ1n) is 10.00. The number of amides is 3. The van der Waals surface area contributed by atoms with Gasteiger partial charge in [-0.05, 0) is 25.3 Å². The highest BCUT2D eigenvalue weighted by atomic mass is 16.4. The molecule has 3 amide bonds. The largest absolute Gasteiger partial charge is 0.480 e. The summed E-state index contributed by atoms with van der Waals surface area (Å²) in [7, 11) is 0. The fourth-order valence-electron chi connectivity index (χ4n) is 2.64. The zero-order chi connectivity index (χ0) is 22.8. The molecule has 0 aliphatic heterocycles. The summed E-state index contributed by atoms with van der Waals surface area (Å²) in [6.07, 6.45) is 0.836. The van der Waals surface area contributed by atoms with Crippen LogP contribution in [0.3, 0.4) is 0 Å². The Balaban J connectivity index is 2.61. The predicted octanol–water partition coefficient (Wildman–Crippen LogP) is 0.181. The topological polar surface area (TPSA) is 151 Å². The van der Waals surface area contributed by atoms with E-state index in [4.69, 9.17) is 5.73 Å². The fraction of sp³-hybridized carbons (Fsp3) is 0.524. The van der Waals surface area contributed by atoms with Gasteiger partial charge in [0, 0.05) is 6.42 Å². The number of carboxylic acid groups (broad SMARTS) is 1. The first-order chi connectivity index (χ1) is 14.1. The molecule has 1 aromatic rings. The molecule has 0 aliphatic carbocycles. The van der Waals surface area contributed by atoms with E-state index in [1.54, 1.807) is 24.3 Å². The molecule has 30 heavy (non-hydrogen) atoms. The Kier molecular flexibility index (Phi) is 9.97. The van der Waals surface area contributed by atoms with Crippen LogP contribution < -0.4 is 21.7 Å². The molecule has 5 atom stereocenters. The van der Waals surface area contributed by atoms with Gasteiger partial charge in [-0.25, -0.2) is 4.79 Å². The number of aliphatic carboxylic acids is 1. The average Bonchev–Trinajstić information content (AvgIpc) is 2.72. The van der Waals surface area contributed by atoms with Gasteiger partial charge in [-0.3, -0.25) is 14.4 Å². The molecule has 6 N–H and O–H groups in total. The molecule has 0 aromatic heterocycles. The molecule has 0 aliphatic rings. The maximum atomic E-state index is 12.4. The van der Waals surface area contributed by atoms with Crippen molar-refractivity contribution in [2.45, 2.75) is 64.7 Å². The van der Waals surface area contributed by atoms with Crippen molar-refractivity contribution in [1.82, 2.24) is 16.0 Å². The molecular formula is C21H32N4O5. The number of carboxylic acids is 1. The number of rotatable bonds is 11. The van der Waals surface area contributed by atoms with E-state index >= 15 is 0 Å². The lowest BCUT2D eigenvalue weighted by atomic mass is 9.99. The van der Waals surface area contributed by atoms with Gasteiger partial charge >= 0.3 is 5.97 Å². The van der Waals surface area contributed by atoms with Crippen LogP contribution in [0, 0.1) is 5.92 Å². The highest BCUT2D eigenvalue weighted by molar-refractivity contribution is 5.93. The number of hydrogen-bond acceptors (Lipinski definition) is 5. The Hall–Kier alpha value is -2.94. The van der Waals surface area contributed by atoms with Gasteiger partial charge in [0.25, 0.3) is 0 Å². The van der Waals surface area contributed by atoms with Gasteiger partial charge in [0.1, 0.15) is 18.1 Å². The number of carbonyl (C=O) groups is 4. The molecule has 0 bridgehead atoms. The molecule has 1 rings (SSSR count). The summed E-state index contributed by atoms with van der Waals surface area (Å²) < 4.78 is 0. The summed E-state index contributed by atoms with van der Waals surface area (Å²) in [6, 6.07) is 5.14. The summed E-state index contributed by atoms with van der Waals surface area (Å²) in [4.78, 5) is 48.3. The van der Waals surface area contributed by atoms with E-state index in [1.165, 1.54) is 13.8 Å². The number of carbonyl (C=O) groups excluding carboxylic acids is 3. The maximum Gasteiger partial charge on any atom is 0.326 e. The summed E-state index contributed by atoms with van der Waals surface area (Å²) in [5.74, 6) is -2.87. The van der Waals surface area contributed by atoms with Gasteiger partial charge in [-0.15, -0.1) is 0 Å². The van der Waals surface area contributed by atoms with E-state index in [1.807, 2.05) is 19.9 Å². The lowest BCUT2D eigenvalue weighted by molar-refractivity contribution is -0.142. The minimum Gasteiger partial charge on any atom is -0.480 e. The zero-order valence-electron chi connectivity index (χ0n) is 17.8. The van der Waals surface area contributed by atoms with E-state index < -0.39 is 47.9 Å². The Morgan fingerprint density at radius 1 is 0.900 bits per heavy atom. The third kappa shape index (κ3) is 7.82.